The average Bonchev–Trinajstić information content (AvgIpc) is 2.47. The van der Waals surface area contributed by atoms with Gasteiger partial charge in [0.1, 0.15) is 0 Å². The maximum Gasteiger partial charge on any atom is 0.222 e. The van der Waals surface area contributed by atoms with E-state index in [2.05, 4.69) is 10.2 Å². The monoisotopic (exact) mass is 196 g/mol. The van der Waals surface area contributed by atoms with Crippen molar-refractivity contribution in [2.45, 2.75) is 44.6 Å². The van der Waals surface area contributed by atoms with Gasteiger partial charge in [-0.3, -0.25) is 4.79 Å². The molecule has 2 saturated heterocycles. The largest absolute Gasteiger partial charge is 0.338 e. The molecule has 1 unspecified atom stereocenters. The van der Waals surface area contributed by atoms with Crippen molar-refractivity contribution < 1.29 is 4.79 Å². The summed E-state index contributed by atoms with van der Waals surface area (Å²) in [5, 5.41) is 3.42. The summed E-state index contributed by atoms with van der Waals surface area (Å²) < 4.78 is 0. The molecule has 0 saturated carbocycles. The van der Waals surface area contributed by atoms with Crippen LogP contribution in [-0.4, -0.2) is 36.5 Å². The first kappa shape index (κ1) is 9.97. The number of nitrogens with one attached hydrogen (secondary N) is 1. The molecule has 0 bridgehead atoms. The van der Waals surface area contributed by atoms with Crippen LogP contribution in [0.5, 0.6) is 0 Å². The molecule has 0 aromatic heterocycles. The molecule has 1 amide bonds. The standard InChI is InChI=1S/C11H20N2O/c14-11-6-2-4-8-13(11)10-5-1-3-7-12-9-10/h10,12H,1-9H2. The molecule has 2 aliphatic rings. The lowest BCUT2D eigenvalue weighted by Crippen LogP contribution is -2.47. The third kappa shape index (κ3) is 2.27. The number of rotatable bonds is 1. The minimum absolute atomic E-state index is 0.380. The van der Waals surface area contributed by atoms with Gasteiger partial charge in [0.2, 0.25) is 5.91 Å². The molecule has 1 N–H and O–H groups in total. The second kappa shape index (κ2) is 4.78. The number of amides is 1. The first-order chi connectivity index (χ1) is 6.88. The lowest BCUT2D eigenvalue weighted by molar-refractivity contribution is -0.135. The highest BCUT2D eigenvalue weighted by molar-refractivity contribution is 5.77. The number of hydrogen-bond donors (Lipinski definition) is 1. The fraction of sp³-hybridized carbons (Fsp3) is 0.909. The van der Waals surface area contributed by atoms with Crippen LogP contribution in [0, 0.1) is 0 Å². The molecule has 0 radical (unpaired) electrons. The molecule has 2 heterocycles. The van der Waals surface area contributed by atoms with E-state index in [-0.39, 0.29) is 0 Å². The molecule has 80 valence electrons. The number of carbonyl (C=O) groups is 1. The van der Waals surface area contributed by atoms with Crippen molar-refractivity contribution >= 4 is 5.91 Å². The Balaban J connectivity index is 1.93. The minimum atomic E-state index is 0.380. The van der Waals surface area contributed by atoms with Crippen molar-refractivity contribution in [3.63, 3.8) is 0 Å². The van der Waals surface area contributed by atoms with Gasteiger partial charge in [-0.2, -0.15) is 0 Å². The van der Waals surface area contributed by atoms with Gasteiger partial charge in [-0.25, -0.2) is 0 Å². The normalized spacial score (nSPS) is 30.1. The second-order valence-electron chi connectivity index (χ2n) is 4.40. The van der Waals surface area contributed by atoms with Crippen molar-refractivity contribution in [1.29, 1.82) is 0 Å². The fourth-order valence-corrected chi connectivity index (χ4v) is 2.48. The van der Waals surface area contributed by atoms with Crippen LogP contribution in [0.1, 0.15) is 38.5 Å². The zero-order valence-corrected chi connectivity index (χ0v) is 8.80. The predicted octanol–water partition coefficient (Wildman–Crippen LogP) is 1.14. The topological polar surface area (TPSA) is 32.3 Å². The van der Waals surface area contributed by atoms with Crippen LogP contribution in [0.2, 0.25) is 0 Å². The van der Waals surface area contributed by atoms with E-state index in [9.17, 15) is 4.79 Å². The van der Waals surface area contributed by atoms with Gasteiger partial charge in [0, 0.05) is 25.6 Å². The molecule has 0 aliphatic carbocycles. The van der Waals surface area contributed by atoms with Crippen molar-refractivity contribution in [3.8, 4) is 0 Å². The van der Waals surface area contributed by atoms with Crippen LogP contribution >= 0.6 is 0 Å². The van der Waals surface area contributed by atoms with Crippen LogP contribution in [-0.2, 0) is 4.79 Å². The maximum absolute atomic E-state index is 11.7. The number of likely N-dealkylation sites (tertiary alicyclic amines) is 1. The van der Waals surface area contributed by atoms with Gasteiger partial charge in [0.05, 0.1) is 0 Å². The maximum atomic E-state index is 11.7. The van der Waals surface area contributed by atoms with Gasteiger partial charge in [0.25, 0.3) is 0 Å². The third-order valence-electron chi connectivity index (χ3n) is 3.32. The lowest BCUT2D eigenvalue weighted by Gasteiger charge is -2.34. The van der Waals surface area contributed by atoms with Crippen LogP contribution in [0.4, 0.5) is 0 Å². The van der Waals surface area contributed by atoms with E-state index in [4.69, 9.17) is 0 Å². The summed E-state index contributed by atoms with van der Waals surface area (Å²) in [7, 11) is 0. The highest BCUT2D eigenvalue weighted by Gasteiger charge is 2.26. The average molecular weight is 196 g/mol. The zero-order valence-electron chi connectivity index (χ0n) is 8.80. The van der Waals surface area contributed by atoms with Crippen molar-refractivity contribution in [2.75, 3.05) is 19.6 Å². The molecule has 2 rings (SSSR count). The molecular weight excluding hydrogens is 176 g/mol. The van der Waals surface area contributed by atoms with Crippen LogP contribution in [0.15, 0.2) is 0 Å². The summed E-state index contributed by atoms with van der Waals surface area (Å²) in [6.45, 7) is 3.12. The van der Waals surface area contributed by atoms with Gasteiger partial charge in [-0.05, 0) is 32.2 Å². The molecule has 2 fully saturated rings. The molecule has 0 aromatic carbocycles. The van der Waals surface area contributed by atoms with Crippen molar-refractivity contribution in [2.24, 2.45) is 0 Å². The summed E-state index contributed by atoms with van der Waals surface area (Å²) in [6.07, 6.45) is 6.78. The lowest BCUT2D eigenvalue weighted by atomic mass is 10.0. The smallest absolute Gasteiger partial charge is 0.222 e. The summed E-state index contributed by atoms with van der Waals surface area (Å²) in [6, 6.07) is 0.477. The van der Waals surface area contributed by atoms with Gasteiger partial charge in [-0.15, -0.1) is 0 Å². The molecule has 1 atom stereocenters. The molecule has 2 aliphatic heterocycles. The van der Waals surface area contributed by atoms with Gasteiger partial charge in [-0.1, -0.05) is 6.42 Å². The van der Waals surface area contributed by atoms with Gasteiger partial charge < -0.3 is 10.2 Å². The number of nitrogens with zero attached hydrogens (tertiary/aromatic N) is 1. The molecule has 0 spiro atoms. The van der Waals surface area contributed by atoms with Gasteiger partial charge >= 0.3 is 0 Å². The highest BCUT2D eigenvalue weighted by atomic mass is 16.2. The predicted molar refractivity (Wildman–Crippen MR) is 56.1 cm³/mol. The van der Waals surface area contributed by atoms with Crippen LogP contribution < -0.4 is 5.32 Å². The Bertz CT molecular complexity index is 197. The Kier molecular flexibility index (Phi) is 3.40. The summed E-state index contributed by atoms with van der Waals surface area (Å²) in [4.78, 5) is 13.8. The molecule has 0 aromatic rings. The first-order valence-corrected chi connectivity index (χ1v) is 5.88. The summed E-state index contributed by atoms with van der Waals surface area (Å²) >= 11 is 0. The first-order valence-electron chi connectivity index (χ1n) is 5.88. The highest BCUT2D eigenvalue weighted by Crippen LogP contribution is 2.18. The van der Waals surface area contributed by atoms with E-state index >= 15 is 0 Å². The van der Waals surface area contributed by atoms with E-state index in [1.807, 2.05) is 0 Å². The molecule has 14 heavy (non-hydrogen) atoms. The van der Waals surface area contributed by atoms with Gasteiger partial charge in [0.15, 0.2) is 0 Å². The number of hydrogen-bond acceptors (Lipinski definition) is 2. The van der Waals surface area contributed by atoms with E-state index in [0.29, 0.717) is 11.9 Å². The zero-order chi connectivity index (χ0) is 9.80. The molecular formula is C11H20N2O. The Morgan fingerprint density at radius 1 is 1.21 bits per heavy atom. The molecule has 3 heteroatoms. The van der Waals surface area contributed by atoms with E-state index in [1.54, 1.807) is 0 Å². The van der Waals surface area contributed by atoms with E-state index in [0.717, 1.165) is 32.5 Å². The second-order valence-corrected chi connectivity index (χ2v) is 4.40. The third-order valence-corrected chi connectivity index (χ3v) is 3.32. The number of piperidine rings is 1. The Hall–Kier alpha value is -0.570. The van der Waals surface area contributed by atoms with Crippen molar-refractivity contribution in [1.82, 2.24) is 10.2 Å². The minimum Gasteiger partial charge on any atom is -0.338 e. The Labute approximate surface area is 85.8 Å². The van der Waals surface area contributed by atoms with E-state index in [1.165, 1.54) is 25.7 Å². The van der Waals surface area contributed by atoms with Crippen LogP contribution in [0.25, 0.3) is 0 Å². The summed E-state index contributed by atoms with van der Waals surface area (Å²) in [5.41, 5.74) is 0. The Morgan fingerprint density at radius 3 is 3.00 bits per heavy atom. The van der Waals surface area contributed by atoms with E-state index < -0.39 is 0 Å². The Morgan fingerprint density at radius 2 is 2.14 bits per heavy atom. The fourth-order valence-electron chi connectivity index (χ4n) is 2.48. The quantitative estimate of drug-likeness (QED) is 0.682. The molecule has 3 nitrogen and oxygen atoms in total. The van der Waals surface area contributed by atoms with Crippen LogP contribution in [0.3, 0.4) is 0 Å². The summed E-state index contributed by atoms with van der Waals surface area (Å²) in [5.74, 6) is 0.380. The number of carbonyl (C=O) groups excluding carboxylic acids is 1. The SMILES string of the molecule is O=C1CCCCN1C1CCCCNC1. The van der Waals surface area contributed by atoms with Crippen molar-refractivity contribution in [3.05, 3.63) is 0 Å².